The molecule has 2 heterocycles. The molecule has 0 aliphatic carbocycles. The molecule has 11 heteroatoms. The van der Waals surface area contributed by atoms with E-state index in [1.807, 2.05) is 0 Å². The van der Waals surface area contributed by atoms with Crippen LogP contribution in [0, 0.1) is 0 Å². The molecular formula is C16H18N6O4S. The van der Waals surface area contributed by atoms with Gasteiger partial charge < -0.3 is 9.88 Å². The van der Waals surface area contributed by atoms with E-state index in [2.05, 4.69) is 16.2 Å². The summed E-state index contributed by atoms with van der Waals surface area (Å²) in [5.41, 5.74) is -0.198. The normalized spacial score (nSPS) is 13.4. The Morgan fingerprint density at radius 3 is 2.44 bits per heavy atom. The van der Waals surface area contributed by atoms with Crippen molar-refractivity contribution in [1.29, 1.82) is 0 Å². The van der Waals surface area contributed by atoms with Gasteiger partial charge in [0.15, 0.2) is 11.2 Å². The Hall–Kier alpha value is -3.18. The molecule has 1 unspecified atom stereocenters. The lowest BCUT2D eigenvalue weighted by Crippen LogP contribution is -2.37. The zero-order valence-corrected chi connectivity index (χ0v) is 15.5. The summed E-state index contributed by atoms with van der Waals surface area (Å²) in [6.07, 6.45) is 1.33. The lowest BCUT2D eigenvalue weighted by Gasteiger charge is -2.09. The van der Waals surface area contributed by atoms with Crippen molar-refractivity contribution in [1.82, 2.24) is 18.7 Å². The van der Waals surface area contributed by atoms with Gasteiger partial charge in [-0.2, -0.15) is 0 Å². The fourth-order valence-corrected chi connectivity index (χ4v) is 3.24. The second-order valence-electron chi connectivity index (χ2n) is 6.05. The van der Waals surface area contributed by atoms with Crippen LogP contribution < -0.4 is 21.7 Å². The minimum Gasteiger partial charge on any atom is -0.325 e. The van der Waals surface area contributed by atoms with E-state index in [0.29, 0.717) is 10.6 Å². The Morgan fingerprint density at radius 2 is 1.85 bits per heavy atom. The van der Waals surface area contributed by atoms with E-state index in [4.69, 9.17) is 5.14 Å². The van der Waals surface area contributed by atoms with E-state index < -0.39 is 26.9 Å². The van der Waals surface area contributed by atoms with E-state index in [0.717, 1.165) is 4.57 Å². The van der Waals surface area contributed by atoms with Gasteiger partial charge in [-0.15, -0.1) is 0 Å². The van der Waals surface area contributed by atoms with Gasteiger partial charge in [-0.05, 0) is 30.1 Å². The molecule has 0 aliphatic rings. The molecule has 1 aromatic carbocycles. The summed E-state index contributed by atoms with van der Waals surface area (Å²) >= 11 is 0. The fraction of sp³-hybridized carbons (Fsp3) is 0.188. The number of hydrogen-bond acceptors (Lipinski definition) is 5. The maximum atomic E-state index is 12.4. The van der Waals surface area contributed by atoms with Crippen molar-refractivity contribution in [3.05, 3.63) is 51.4 Å². The Bertz CT molecular complexity index is 1270. The van der Waals surface area contributed by atoms with Gasteiger partial charge in [-0.1, -0.05) is 0 Å². The summed E-state index contributed by atoms with van der Waals surface area (Å²) in [6.45, 7) is -0.172. The average Bonchev–Trinajstić information content (AvgIpc) is 3.01. The number of imidazole rings is 1. The molecule has 142 valence electrons. The predicted octanol–water partition coefficient (Wildman–Crippen LogP) is -0.979. The van der Waals surface area contributed by atoms with E-state index in [9.17, 15) is 18.6 Å². The summed E-state index contributed by atoms with van der Waals surface area (Å²) in [6, 6.07) is 6.14. The van der Waals surface area contributed by atoms with Gasteiger partial charge in [-0.3, -0.25) is 23.9 Å². The Kier molecular flexibility index (Phi) is 4.49. The van der Waals surface area contributed by atoms with Crippen LogP contribution >= 0.6 is 0 Å². The van der Waals surface area contributed by atoms with Crippen LogP contribution in [0.1, 0.15) is 0 Å². The standard InChI is InChI=1S/C16H18N6O4S/c1-20-14-13(15(24)21(2)16(20)25)22(9-18-14)8-12(23)19-10-4-6-11(7-5-10)27(3,17)26/h4-7,9H,3,8H2,1-2H3,(H2,17,26)(H,19,23). The lowest BCUT2D eigenvalue weighted by atomic mass is 10.3. The van der Waals surface area contributed by atoms with Gasteiger partial charge in [0, 0.05) is 24.7 Å². The maximum absolute atomic E-state index is 12.4. The summed E-state index contributed by atoms with van der Waals surface area (Å²) in [4.78, 5) is 41.1. The summed E-state index contributed by atoms with van der Waals surface area (Å²) in [7, 11) is 0.0435. The maximum Gasteiger partial charge on any atom is 0.332 e. The van der Waals surface area contributed by atoms with Crippen LogP contribution in [0.25, 0.3) is 11.2 Å². The molecule has 0 fully saturated rings. The predicted molar refractivity (Wildman–Crippen MR) is 103 cm³/mol. The zero-order chi connectivity index (χ0) is 19.9. The second-order valence-corrected chi connectivity index (χ2v) is 7.97. The molecule has 1 amide bonds. The molecule has 3 rings (SSSR count). The van der Waals surface area contributed by atoms with Gasteiger partial charge in [0.1, 0.15) is 6.54 Å². The molecule has 0 bridgehead atoms. The van der Waals surface area contributed by atoms with Crippen LogP contribution in [0.2, 0.25) is 0 Å². The Morgan fingerprint density at radius 1 is 1.22 bits per heavy atom. The number of carbonyl (C=O) groups excluding carboxylic acids is 1. The SMILES string of the molecule is C=S(N)(=O)c1ccc(NC(=O)Cn2cnc3c2c(=O)n(C)c(=O)n3C)cc1. The number of carbonyl (C=O) groups is 1. The van der Waals surface area contributed by atoms with Crippen LogP contribution in [0.15, 0.2) is 45.1 Å². The highest BCUT2D eigenvalue weighted by Crippen LogP contribution is 2.13. The molecular weight excluding hydrogens is 372 g/mol. The van der Waals surface area contributed by atoms with Crippen LogP contribution in [0.3, 0.4) is 0 Å². The molecule has 1 atom stereocenters. The molecule has 27 heavy (non-hydrogen) atoms. The van der Waals surface area contributed by atoms with Crippen molar-refractivity contribution in [3.8, 4) is 0 Å². The highest BCUT2D eigenvalue weighted by molar-refractivity contribution is 7.98. The van der Waals surface area contributed by atoms with Crippen molar-refractivity contribution in [2.45, 2.75) is 11.4 Å². The van der Waals surface area contributed by atoms with Gasteiger partial charge in [-0.25, -0.2) is 14.0 Å². The quantitative estimate of drug-likeness (QED) is 0.552. The third kappa shape index (κ3) is 3.41. The number of hydrogen-bond donors (Lipinski definition) is 2. The fourth-order valence-electron chi connectivity index (χ4n) is 2.64. The lowest BCUT2D eigenvalue weighted by molar-refractivity contribution is -0.116. The average molecular weight is 390 g/mol. The van der Waals surface area contributed by atoms with Crippen molar-refractivity contribution >= 4 is 38.3 Å². The zero-order valence-electron chi connectivity index (χ0n) is 14.7. The highest BCUT2D eigenvalue weighted by atomic mass is 32.2. The molecule has 3 aromatic rings. The summed E-state index contributed by atoms with van der Waals surface area (Å²) in [5, 5.41) is 8.13. The van der Waals surface area contributed by atoms with Crippen LogP contribution in [0.5, 0.6) is 0 Å². The van der Waals surface area contributed by atoms with Crippen molar-refractivity contribution in [3.63, 3.8) is 0 Å². The van der Waals surface area contributed by atoms with Crippen molar-refractivity contribution < 1.29 is 9.00 Å². The van der Waals surface area contributed by atoms with Gasteiger partial charge in [0.25, 0.3) is 5.56 Å². The Balaban J connectivity index is 1.87. The van der Waals surface area contributed by atoms with E-state index >= 15 is 0 Å². The van der Waals surface area contributed by atoms with Crippen LogP contribution in [-0.4, -0.2) is 34.7 Å². The number of aryl methyl sites for hydroxylation is 1. The highest BCUT2D eigenvalue weighted by Gasteiger charge is 2.16. The monoisotopic (exact) mass is 390 g/mol. The van der Waals surface area contributed by atoms with Gasteiger partial charge in [0.2, 0.25) is 5.91 Å². The summed E-state index contributed by atoms with van der Waals surface area (Å²) in [5.74, 6) is 2.99. The topological polar surface area (TPSA) is 134 Å². The third-order valence-electron chi connectivity index (χ3n) is 4.07. The number of nitrogens with one attached hydrogen (secondary N) is 1. The number of rotatable bonds is 4. The van der Waals surface area contributed by atoms with E-state index in [1.165, 1.54) is 41.7 Å². The molecule has 3 N–H and O–H groups in total. The van der Waals surface area contributed by atoms with Gasteiger partial charge >= 0.3 is 5.69 Å². The van der Waals surface area contributed by atoms with E-state index in [-0.39, 0.29) is 17.7 Å². The number of amides is 1. The second kappa shape index (κ2) is 6.52. The molecule has 0 radical (unpaired) electrons. The molecule has 10 nitrogen and oxygen atoms in total. The Labute approximate surface area is 154 Å². The molecule has 0 spiro atoms. The minimum absolute atomic E-state index is 0.157. The van der Waals surface area contributed by atoms with Crippen molar-refractivity contribution in [2.24, 2.45) is 19.2 Å². The first-order valence-electron chi connectivity index (χ1n) is 7.75. The van der Waals surface area contributed by atoms with Crippen LogP contribution in [-0.2, 0) is 35.1 Å². The largest absolute Gasteiger partial charge is 0.332 e. The number of anilines is 1. The number of aromatic nitrogens is 4. The number of nitrogens with zero attached hydrogens (tertiary/aromatic N) is 4. The van der Waals surface area contributed by atoms with E-state index in [1.54, 1.807) is 12.1 Å². The third-order valence-corrected chi connectivity index (χ3v) is 5.14. The van der Waals surface area contributed by atoms with Gasteiger partial charge in [0.05, 0.1) is 16.0 Å². The van der Waals surface area contributed by atoms with Crippen LogP contribution in [0.4, 0.5) is 5.69 Å². The number of benzene rings is 1. The number of fused-ring (bicyclic) bond motifs is 1. The number of nitrogens with two attached hydrogens (primary N) is 1. The first-order valence-corrected chi connectivity index (χ1v) is 9.54. The minimum atomic E-state index is -2.82. The first-order chi connectivity index (χ1) is 12.6. The first kappa shape index (κ1) is 18.6. The molecule has 0 aliphatic heterocycles. The van der Waals surface area contributed by atoms with Crippen molar-refractivity contribution in [2.75, 3.05) is 5.32 Å². The smallest absolute Gasteiger partial charge is 0.325 e. The summed E-state index contributed by atoms with van der Waals surface area (Å²) < 4.78 is 15.3. The molecule has 0 saturated carbocycles. The molecule has 0 saturated heterocycles. The molecule has 2 aromatic heterocycles.